The molecule has 0 aliphatic carbocycles. The Kier molecular flexibility index (Phi) is 10.1. The van der Waals surface area contributed by atoms with E-state index in [-0.39, 0.29) is 5.75 Å². The second-order valence-electron chi connectivity index (χ2n) is 10.6. The van der Waals surface area contributed by atoms with Gasteiger partial charge >= 0.3 is 6.09 Å². The molecular formula is C25H40N4O6. The highest BCUT2D eigenvalue weighted by Crippen LogP contribution is 2.28. The first-order valence-electron chi connectivity index (χ1n) is 11.7. The molecule has 1 rings (SSSR count). The summed E-state index contributed by atoms with van der Waals surface area (Å²) in [6.45, 7) is 14.1. The van der Waals surface area contributed by atoms with Crippen LogP contribution in [0.3, 0.4) is 0 Å². The van der Waals surface area contributed by atoms with Crippen molar-refractivity contribution in [1.82, 2.24) is 15.5 Å². The molecule has 196 valence electrons. The molecule has 0 fully saturated rings. The molecule has 1 aromatic carbocycles. The maximum absolute atomic E-state index is 13.9. The highest BCUT2D eigenvalue weighted by molar-refractivity contribution is 5.94. The monoisotopic (exact) mass is 492 g/mol. The first-order valence-corrected chi connectivity index (χ1v) is 11.7. The Balaban J connectivity index is 3.55. The van der Waals surface area contributed by atoms with Gasteiger partial charge in [-0.2, -0.15) is 0 Å². The molecule has 35 heavy (non-hydrogen) atoms. The van der Waals surface area contributed by atoms with E-state index in [0.29, 0.717) is 12.0 Å². The fourth-order valence-electron chi connectivity index (χ4n) is 3.36. The van der Waals surface area contributed by atoms with Crippen LogP contribution in [0.2, 0.25) is 0 Å². The molecule has 10 nitrogen and oxygen atoms in total. The van der Waals surface area contributed by atoms with E-state index >= 15 is 0 Å². The lowest BCUT2D eigenvalue weighted by molar-refractivity contribution is -0.146. The molecule has 3 atom stereocenters. The van der Waals surface area contributed by atoms with Crippen LogP contribution in [0, 0.1) is 0 Å². The third-order valence-corrected chi connectivity index (χ3v) is 4.95. The second-order valence-corrected chi connectivity index (χ2v) is 10.6. The molecular weight excluding hydrogens is 452 g/mol. The van der Waals surface area contributed by atoms with Gasteiger partial charge in [0.2, 0.25) is 17.7 Å². The van der Waals surface area contributed by atoms with Crippen molar-refractivity contribution >= 4 is 23.8 Å². The van der Waals surface area contributed by atoms with Crippen molar-refractivity contribution in [3.8, 4) is 5.75 Å². The third kappa shape index (κ3) is 9.84. The van der Waals surface area contributed by atoms with Gasteiger partial charge in [-0.1, -0.05) is 19.1 Å². The van der Waals surface area contributed by atoms with E-state index in [2.05, 4.69) is 10.6 Å². The minimum Gasteiger partial charge on any atom is -0.508 e. The van der Waals surface area contributed by atoms with Crippen LogP contribution in [0.5, 0.6) is 5.75 Å². The average Bonchev–Trinajstić information content (AvgIpc) is 2.68. The van der Waals surface area contributed by atoms with Crippen molar-refractivity contribution in [2.45, 2.75) is 97.5 Å². The van der Waals surface area contributed by atoms with Gasteiger partial charge in [0.25, 0.3) is 0 Å². The van der Waals surface area contributed by atoms with Crippen molar-refractivity contribution in [2.75, 3.05) is 0 Å². The molecule has 1 aromatic rings. The summed E-state index contributed by atoms with van der Waals surface area (Å²) in [4.78, 5) is 52.9. The lowest BCUT2D eigenvalue weighted by Gasteiger charge is -2.39. The van der Waals surface area contributed by atoms with Crippen molar-refractivity contribution in [3.63, 3.8) is 0 Å². The van der Waals surface area contributed by atoms with E-state index in [1.54, 1.807) is 39.8 Å². The highest BCUT2D eigenvalue weighted by atomic mass is 16.6. The first kappa shape index (κ1) is 29.7. The number of amides is 4. The Bertz CT molecular complexity index is 902. The lowest BCUT2D eigenvalue weighted by atomic mass is 9.98. The van der Waals surface area contributed by atoms with Gasteiger partial charge in [-0.3, -0.25) is 14.4 Å². The zero-order chi connectivity index (χ0) is 27.1. The van der Waals surface area contributed by atoms with Crippen LogP contribution in [-0.2, 0) is 19.1 Å². The standard InChI is InChI=1S/C25H40N4O6/c1-9-15(2)29(22(33)18(14-19(26)31)27-23(34)35-25(6,7)8)20(21(32)28-24(3,4)5)16-10-12-17(30)13-11-16/h10-13,15,18,20,30H,9,14H2,1-8H3,(H2,26,31)(H,27,34)(H,28,32). The molecule has 0 saturated heterocycles. The summed E-state index contributed by atoms with van der Waals surface area (Å²) in [5, 5.41) is 15.1. The van der Waals surface area contributed by atoms with Crippen LogP contribution in [0.1, 0.15) is 79.8 Å². The van der Waals surface area contributed by atoms with E-state index in [1.807, 2.05) is 27.7 Å². The largest absolute Gasteiger partial charge is 0.508 e. The number of carbonyl (C=O) groups is 4. The Morgan fingerprint density at radius 3 is 2.03 bits per heavy atom. The number of alkyl carbamates (subject to hydrolysis) is 1. The summed E-state index contributed by atoms with van der Waals surface area (Å²) >= 11 is 0. The normalized spacial score (nSPS) is 14.3. The molecule has 3 unspecified atom stereocenters. The van der Waals surface area contributed by atoms with Gasteiger partial charge in [-0.15, -0.1) is 0 Å². The van der Waals surface area contributed by atoms with Crippen molar-refractivity contribution < 1.29 is 29.0 Å². The number of nitrogens with one attached hydrogen (secondary N) is 2. The zero-order valence-corrected chi connectivity index (χ0v) is 22.0. The number of primary amides is 1. The van der Waals surface area contributed by atoms with Gasteiger partial charge in [0.15, 0.2) is 0 Å². The van der Waals surface area contributed by atoms with E-state index in [0.717, 1.165) is 0 Å². The minimum atomic E-state index is -1.35. The number of carbonyl (C=O) groups excluding carboxylic acids is 4. The number of rotatable bonds is 9. The van der Waals surface area contributed by atoms with E-state index < -0.39 is 59.5 Å². The molecule has 0 aliphatic heterocycles. The van der Waals surface area contributed by atoms with Crippen LogP contribution >= 0.6 is 0 Å². The minimum absolute atomic E-state index is 0.00310. The number of nitrogens with zero attached hydrogens (tertiary/aromatic N) is 1. The molecule has 4 amide bonds. The molecule has 10 heteroatoms. The van der Waals surface area contributed by atoms with Crippen LogP contribution in [0.15, 0.2) is 24.3 Å². The van der Waals surface area contributed by atoms with Gasteiger partial charge in [0.05, 0.1) is 6.42 Å². The van der Waals surface area contributed by atoms with Gasteiger partial charge in [0.1, 0.15) is 23.4 Å². The van der Waals surface area contributed by atoms with Gasteiger partial charge in [-0.25, -0.2) is 4.79 Å². The number of phenols is 1. The summed E-state index contributed by atoms with van der Waals surface area (Å²) in [7, 11) is 0. The maximum atomic E-state index is 13.9. The van der Waals surface area contributed by atoms with E-state index in [4.69, 9.17) is 10.5 Å². The number of benzene rings is 1. The molecule has 0 heterocycles. The van der Waals surface area contributed by atoms with E-state index in [1.165, 1.54) is 17.0 Å². The third-order valence-electron chi connectivity index (χ3n) is 4.95. The Morgan fingerprint density at radius 2 is 1.60 bits per heavy atom. The topological polar surface area (TPSA) is 151 Å². The SMILES string of the molecule is CCC(C)N(C(=O)C(CC(N)=O)NC(=O)OC(C)(C)C)C(C(=O)NC(C)(C)C)c1ccc(O)cc1. The fraction of sp³-hybridized carbons (Fsp3) is 0.600. The molecule has 0 aliphatic rings. The predicted molar refractivity (Wildman–Crippen MR) is 132 cm³/mol. The van der Waals surface area contributed by atoms with Crippen LogP contribution < -0.4 is 16.4 Å². The summed E-state index contributed by atoms with van der Waals surface area (Å²) in [6, 6.07) is 3.04. The molecule has 5 N–H and O–H groups in total. The van der Waals surface area contributed by atoms with Gasteiger partial charge < -0.3 is 31.1 Å². The zero-order valence-electron chi connectivity index (χ0n) is 22.0. The Labute approximate surface area is 207 Å². The van der Waals surface area contributed by atoms with E-state index in [9.17, 15) is 24.3 Å². The molecule has 0 aromatic heterocycles. The van der Waals surface area contributed by atoms with Crippen LogP contribution in [0.4, 0.5) is 4.79 Å². The average molecular weight is 493 g/mol. The Morgan fingerprint density at radius 1 is 1.06 bits per heavy atom. The molecule has 0 saturated carbocycles. The van der Waals surface area contributed by atoms with Gasteiger partial charge in [-0.05, 0) is 72.6 Å². The summed E-state index contributed by atoms with van der Waals surface area (Å²) < 4.78 is 5.26. The fourth-order valence-corrected chi connectivity index (χ4v) is 3.36. The quantitative estimate of drug-likeness (QED) is 0.416. The maximum Gasteiger partial charge on any atom is 0.408 e. The number of aromatic hydroxyl groups is 1. The highest BCUT2D eigenvalue weighted by Gasteiger charge is 2.39. The molecule has 0 bridgehead atoms. The first-order chi connectivity index (χ1) is 15.9. The number of hydrogen-bond donors (Lipinski definition) is 4. The van der Waals surface area contributed by atoms with Crippen LogP contribution in [-0.4, -0.2) is 57.0 Å². The predicted octanol–water partition coefficient (Wildman–Crippen LogP) is 2.74. The van der Waals surface area contributed by atoms with Crippen molar-refractivity contribution in [1.29, 1.82) is 0 Å². The van der Waals surface area contributed by atoms with Crippen molar-refractivity contribution in [3.05, 3.63) is 29.8 Å². The molecule has 0 spiro atoms. The Hall–Kier alpha value is -3.30. The lowest BCUT2D eigenvalue weighted by Crippen LogP contribution is -2.57. The van der Waals surface area contributed by atoms with Gasteiger partial charge in [0, 0.05) is 11.6 Å². The number of ether oxygens (including phenoxy) is 1. The summed E-state index contributed by atoms with van der Waals surface area (Å²) in [6.07, 6.45) is -0.880. The smallest absolute Gasteiger partial charge is 0.408 e. The summed E-state index contributed by atoms with van der Waals surface area (Å²) in [5.74, 6) is -1.91. The van der Waals surface area contributed by atoms with Crippen LogP contribution in [0.25, 0.3) is 0 Å². The summed E-state index contributed by atoms with van der Waals surface area (Å²) in [5.41, 5.74) is 4.40. The van der Waals surface area contributed by atoms with Crippen molar-refractivity contribution in [2.24, 2.45) is 5.73 Å². The number of hydrogen-bond acceptors (Lipinski definition) is 6. The molecule has 0 radical (unpaired) electrons. The number of nitrogens with two attached hydrogens (primary N) is 1. The number of phenolic OH excluding ortho intramolecular Hbond substituents is 1. The second kappa shape index (κ2) is 11.9.